The number of hydrogen-bond donors (Lipinski definition) is 0. The van der Waals surface area contributed by atoms with Gasteiger partial charge in [0.2, 0.25) is 0 Å². The standard InChI is InChI=1S/C37H32F2/c1-3-5-30-17-22-34-33(24-30)25-36(38)35(37(34)39)23-16-29-14-20-32(21-15-29)31-18-12-28(13-19-31)11-10-27-8-6-26(4-2)7-9-27/h6-9,12-15,18-21,25,30H,3-5,17,22,24H2,1-2H3. The topological polar surface area (TPSA) is 0 Å². The Kier molecular flexibility index (Phi) is 8.24. The van der Waals surface area contributed by atoms with Gasteiger partial charge in [0, 0.05) is 16.7 Å². The van der Waals surface area contributed by atoms with Crippen molar-refractivity contribution < 1.29 is 8.78 Å². The van der Waals surface area contributed by atoms with Gasteiger partial charge in [-0.05, 0) is 102 Å². The van der Waals surface area contributed by atoms with E-state index in [2.05, 4.69) is 61.8 Å². The van der Waals surface area contributed by atoms with Crippen molar-refractivity contribution in [2.45, 2.75) is 52.4 Å². The SMILES string of the molecule is CCCC1CCc2c(cc(F)c(C#Cc3ccc(-c4ccc(C#Cc5ccc(CC)cc5)cc4)cc3)c2F)C1. The predicted octanol–water partition coefficient (Wildman–Crippen LogP) is 8.90. The minimum absolute atomic E-state index is 0.121. The zero-order valence-corrected chi connectivity index (χ0v) is 22.6. The summed E-state index contributed by atoms with van der Waals surface area (Å²) in [5.41, 5.74) is 7.43. The highest BCUT2D eigenvalue weighted by molar-refractivity contribution is 5.65. The average Bonchev–Trinajstić information content (AvgIpc) is 2.97. The summed E-state index contributed by atoms with van der Waals surface area (Å²) >= 11 is 0. The Balaban J connectivity index is 1.28. The van der Waals surface area contributed by atoms with Crippen LogP contribution in [0.3, 0.4) is 0 Å². The Morgan fingerprint density at radius 2 is 1.26 bits per heavy atom. The lowest BCUT2D eigenvalue weighted by Crippen LogP contribution is -2.17. The van der Waals surface area contributed by atoms with Crippen molar-refractivity contribution in [3.8, 4) is 34.8 Å². The van der Waals surface area contributed by atoms with Crippen LogP contribution < -0.4 is 0 Å². The molecular formula is C37H32F2. The first kappa shape index (κ1) is 26.5. The lowest BCUT2D eigenvalue weighted by molar-refractivity contribution is 0.411. The number of aryl methyl sites for hydroxylation is 1. The van der Waals surface area contributed by atoms with Crippen LogP contribution in [0.4, 0.5) is 8.78 Å². The molecule has 1 aliphatic rings. The van der Waals surface area contributed by atoms with Crippen LogP contribution >= 0.6 is 0 Å². The van der Waals surface area contributed by atoms with Crippen LogP contribution in [-0.4, -0.2) is 0 Å². The van der Waals surface area contributed by atoms with E-state index in [-0.39, 0.29) is 5.56 Å². The van der Waals surface area contributed by atoms with Crippen molar-refractivity contribution in [3.05, 3.63) is 129 Å². The van der Waals surface area contributed by atoms with E-state index in [9.17, 15) is 4.39 Å². The molecule has 0 saturated carbocycles. The third-order valence-corrected chi connectivity index (χ3v) is 7.57. The molecule has 0 fully saturated rings. The first-order valence-electron chi connectivity index (χ1n) is 13.9. The molecule has 2 heteroatoms. The first-order valence-corrected chi connectivity index (χ1v) is 13.9. The van der Waals surface area contributed by atoms with Crippen LogP contribution in [0.15, 0.2) is 78.9 Å². The molecule has 1 aliphatic carbocycles. The Labute approximate surface area is 231 Å². The molecule has 39 heavy (non-hydrogen) atoms. The maximum atomic E-state index is 15.2. The molecule has 0 aromatic heterocycles. The summed E-state index contributed by atoms with van der Waals surface area (Å²) in [5.74, 6) is 11.6. The van der Waals surface area contributed by atoms with Gasteiger partial charge in [0.25, 0.3) is 0 Å². The van der Waals surface area contributed by atoms with E-state index in [0.29, 0.717) is 17.9 Å². The third-order valence-electron chi connectivity index (χ3n) is 7.57. The first-order chi connectivity index (χ1) is 19.0. The summed E-state index contributed by atoms with van der Waals surface area (Å²) < 4.78 is 30.0. The molecule has 0 aliphatic heterocycles. The van der Waals surface area contributed by atoms with Crippen LogP contribution in [0.25, 0.3) is 11.1 Å². The quantitative estimate of drug-likeness (QED) is 0.239. The molecule has 0 saturated heterocycles. The number of halogens is 2. The van der Waals surface area contributed by atoms with Gasteiger partial charge in [0.15, 0.2) is 0 Å². The number of hydrogen-bond acceptors (Lipinski definition) is 0. The van der Waals surface area contributed by atoms with Gasteiger partial charge in [-0.3, -0.25) is 0 Å². The largest absolute Gasteiger partial charge is 0.206 e. The van der Waals surface area contributed by atoms with Gasteiger partial charge in [-0.2, -0.15) is 0 Å². The van der Waals surface area contributed by atoms with E-state index < -0.39 is 11.6 Å². The van der Waals surface area contributed by atoms with Gasteiger partial charge in [0.1, 0.15) is 11.6 Å². The van der Waals surface area contributed by atoms with E-state index in [0.717, 1.165) is 65.5 Å². The highest BCUT2D eigenvalue weighted by Gasteiger charge is 2.24. The van der Waals surface area contributed by atoms with E-state index >= 15 is 4.39 Å². The van der Waals surface area contributed by atoms with Crippen molar-refractivity contribution in [3.63, 3.8) is 0 Å². The number of fused-ring (bicyclic) bond motifs is 1. The zero-order valence-electron chi connectivity index (χ0n) is 22.6. The maximum absolute atomic E-state index is 15.2. The van der Waals surface area contributed by atoms with Gasteiger partial charge in [-0.1, -0.05) is 86.8 Å². The van der Waals surface area contributed by atoms with Gasteiger partial charge in [-0.25, -0.2) is 8.78 Å². The summed E-state index contributed by atoms with van der Waals surface area (Å²) in [4.78, 5) is 0. The van der Waals surface area contributed by atoms with Gasteiger partial charge < -0.3 is 0 Å². The van der Waals surface area contributed by atoms with Gasteiger partial charge in [-0.15, -0.1) is 0 Å². The monoisotopic (exact) mass is 514 g/mol. The fourth-order valence-electron chi connectivity index (χ4n) is 5.29. The summed E-state index contributed by atoms with van der Waals surface area (Å²) in [7, 11) is 0. The second-order valence-electron chi connectivity index (χ2n) is 10.3. The summed E-state index contributed by atoms with van der Waals surface area (Å²) in [5, 5.41) is 0. The van der Waals surface area contributed by atoms with Crippen molar-refractivity contribution in [1.29, 1.82) is 0 Å². The molecule has 5 rings (SSSR count). The molecule has 1 unspecified atom stereocenters. The van der Waals surface area contributed by atoms with Crippen LogP contribution in [0, 0.1) is 41.2 Å². The van der Waals surface area contributed by atoms with Crippen LogP contribution in [0.5, 0.6) is 0 Å². The van der Waals surface area contributed by atoms with Crippen LogP contribution in [0.2, 0.25) is 0 Å². The molecule has 194 valence electrons. The zero-order chi connectivity index (χ0) is 27.2. The second-order valence-corrected chi connectivity index (χ2v) is 10.3. The minimum Gasteiger partial charge on any atom is -0.206 e. The fourth-order valence-corrected chi connectivity index (χ4v) is 5.29. The molecule has 0 amide bonds. The highest BCUT2D eigenvalue weighted by atomic mass is 19.1. The summed E-state index contributed by atoms with van der Waals surface area (Å²) in [6, 6.07) is 25.7. The van der Waals surface area contributed by atoms with Crippen LogP contribution in [0.1, 0.15) is 72.1 Å². The van der Waals surface area contributed by atoms with E-state index in [1.807, 2.05) is 48.5 Å². The molecule has 4 aromatic rings. The van der Waals surface area contributed by atoms with Gasteiger partial charge >= 0.3 is 0 Å². The Hall–Kier alpha value is -4.14. The van der Waals surface area contributed by atoms with Gasteiger partial charge in [0.05, 0.1) is 5.56 Å². The molecule has 4 aromatic carbocycles. The normalized spacial score (nSPS) is 14.0. The maximum Gasteiger partial charge on any atom is 0.145 e. The van der Waals surface area contributed by atoms with Crippen molar-refractivity contribution >= 4 is 0 Å². The molecule has 0 nitrogen and oxygen atoms in total. The lowest BCUT2D eigenvalue weighted by atomic mass is 9.81. The lowest BCUT2D eigenvalue weighted by Gasteiger charge is -2.25. The smallest absolute Gasteiger partial charge is 0.145 e. The number of benzene rings is 4. The van der Waals surface area contributed by atoms with Crippen molar-refractivity contribution in [1.82, 2.24) is 0 Å². The second kappa shape index (κ2) is 12.1. The molecule has 0 radical (unpaired) electrons. The molecule has 1 atom stereocenters. The molecule has 0 N–H and O–H groups in total. The molecular weight excluding hydrogens is 482 g/mol. The Morgan fingerprint density at radius 1 is 0.718 bits per heavy atom. The van der Waals surface area contributed by atoms with E-state index in [4.69, 9.17) is 0 Å². The highest BCUT2D eigenvalue weighted by Crippen LogP contribution is 2.32. The summed E-state index contributed by atoms with van der Waals surface area (Å²) in [6.07, 6.45) is 5.60. The average molecular weight is 515 g/mol. The van der Waals surface area contributed by atoms with Crippen molar-refractivity contribution in [2.75, 3.05) is 0 Å². The number of rotatable bonds is 4. The predicted molar refractivity (Wildman–Crippen MR) is 156 cm³/mol. The Bertz CT molecular complexity index is 1570. The Morgan fingerprint density at radius 3 is 1.79 bits per heavy atom. The molecule has 0 bridgehead atoms. The molecule has 0 heterocycles. The molecule has 0 spiro atoms. The van der Waals surface area contributed by atoms with E-state index in [1.54, 1.807) is 0 Å². The fraction of sp³-hybridized carbons (Fsp3) is 0.243. The minimum atomic E-state index is -0.561. The third kappa shape index (κ3) is 6.30. The van der Waals surface area contributed by atoms with Crippen molar-refractivity contribution in [2.24, 2.45) is 5.92 Å². The van der Waals surface area contributed by atoms with Crippen LogP contribution in [-0.2, 0) is 19.3 Å². The van der Waals surface area contributed by atoms with E-state index in [1.165, 1.54) is 11.6 Å². The summed E-state index contributed by atoms with van der Waals surface area (Å²) in [6.45, 7) is 4.30.